The number of nitrogens with one attached hydrogen (secondary N) is 1. The first-order chi connectivity index (χ1) is 15.6. The molecule has 0 atom stereocenters. The van der Waals surface area contributed by atoms with Gasteiger partial charge < -0.3 is 15.4 Å². The van der Waals surface area contributed by atoms with Gasteiger partial charge in [-0.25, -0.2) is 4.98 Å². The molecule has 0 radical (unpaired) electrons. The second-order valence-corrected chi connectivity index (χ2v) is 8.47. The summed E-state index contributed by atoms with van der Waals surface area (Å²) in [5.41, 5.74) is 5.86. The SMILES string of the molecule is Cc1cc2c(B(O)O)cccc2n1-c1nc2c(c(NCc3ccccc3)n1)CCCCC2. The first kappa shape index (κ1) is 20.7. The van der Waals surface area contributed by atoms with E-state index < -0.39 is 7.12 Å². The molecular weight excluding hydrogens is 399 g/mol. The van der Waals surface area contributed by atoms with Crippen molar-refractivity contribution in [1.82, 2.24) is 14.5 Å². The van der Waals surface area contributed by atoms with Gasteiger partial charge in [0.15, 0.2) is 0 Å². The lowest BCUT2D eigenvalue weighted by Crippen LogP contribution is -2.30. The standard InChI is InChI=1S/C25H27BN4O2/c1-17-15-20-21(26(31)32)12-8-14-23(20)30(17)25-28-22-13-7-3-6-11-19(22)24(29-25)27-16-18-9-4-2-5-10-18/h2,4-5,8-10,12,14-15,31-32H,3,6-7,11,13,16H2,1H3,(H,27,28,29). The number of anilines is 1. The molecule has 0 amide bonds. The van der Waals surface area contributed by atoms with Crippen molar-refractivity contribution in [3.63, 3.8) is 0 Å². The van der Waals surface area contributed by atoms with Gasteiger partial charge in [0, 0.05) is 23.2 Å². The number of hydrogen-bond acceptors (Lipinski definition) is 5. The summed E-state index contributed by atoms with van der Waals surface area (Å²) < 4.78 is 2.01. The van der Waals surface area contributed by atoms with Gasteiger partial charge in [0.25, 0.3) is 0 Å². The zero-order chi connectivity index (χ0) is 22.1. The van der Waals surface area contributed by atoms with E-state index in [1.54, 1.807) is 6.07 Å². The molecule has 2 aromatic carbocycles. The predicted octanol–water partition coefficient (Wildman–Crippen LogP) is 3.29. The molecule has 5 rings (SSSR count). The molecule has 0 spiro atoms. The summed E-state index contributed by atoms with van der Waals surface area (Å²) in [4.78, 5) is 9.99. The van der Waals surface area contributed by atoms with E-state index in [1.165, 1.54) is 17.5 Å². The summed E-state index contributed by atoms with van der Waals surface area (Å²) in [6.07, 6.45) is 5.42. The first-order valence-corrected chi connectivity index (χ1v) is 11.3. The van der Waals surface area contributed by atoms with Gasteiger partial charge in [0.1, 0.15) is 5.82 Å². The number of fused-ring (bicyclic) bond motifs is 2. The van der Waals surface area contributed by atoms with Gasteiger partial charge in [0.05, 0.1) is 11.2 Å². The Bertz CT molecular complexity index is 1250. The third-order valence-electron chi connectivity index (χ3n) is 6.27. The van der Waals surface area contributed by atoms with Crippen molar-refractivity contribution in [3.05, 3.63) is 77.1 Å². The van der Waals surface area contributed by atoms with Gasteiger partial charge in [-0.2, -0.15) is 4.98 Å². The third-order valence-corrected chi connectivity index (χ3v) is 6.27. The van der Waals surface area contributed by atoms with Crippen LogP contribution in [-0.2, 0) is 19.4 Å². The van der Waals surface area contributed by atoms with Gasteiger partial charge in [-0.1, -0.05) is 48.9 Å². The van der Waals surface area contributed by atoms with E-state index in [-0.39, 0.29) is 0 Å². The lowest BCUT2D eigenvalue weighted by Gasteiger charge is -2.17. The van der Waals surface area contributed by atoms with Crippen molar-refractivity contribution in [2.75, 3.05) is 5.32 Å². The van der Waals surface area contributed by atoms with Crippen molar-refractivity contribution < 1.29 is 10.0 Å². The highest BCUT2D eigenvalue weighted by molar-refractivity contribution is 6.61. The summed E-state index contributed by atoms with van der Waals surface area (Å²) >= 11 is 0. The van der Waals surface area contributed by atoms with Gasteiger partial charge >= 0.3 is 7.12 Å². The fraction of sp³-hybridized carbons (Fsp3) is 0.280. The average Bonchev–Trinajstić information content (AvgIpc) is 2.96. The molecule has 0 saturated heterocycles. The van der Waals surface area contributed by atoms with Crippen molar-refractivity contribution in [3.8, 4) is 5.95 Å². The molecule has 0 fully saturated rings. The third kappa shape index (κ3) is 3.90. The highest BCUT2D eigenvalue weighted by Gasteiger charge is 2.22. The monoisotopic (exact) mass is 426 g/mol. The van der Waals surface area contributed by atoms with Crippen molar-refractivity contribution in [2.24, 2.45) is 0 Å². The van der Waals surface area contributed by atoms with E-state index in [2.05, 4.69) is 17.4 Å². The topological polar surface area (TPSA) is 83.2 Å². The molecule has 4 aromatic rings. The molecule has 0 bridgehead atoms. The smallest absolute Gasteiger partial charge is 0.423 e. The number of nitrogens with zero attached hydrogens (tertiary/aromatic N) is 3. The Balaban J connectivity index is 1.63. The second kappa shape index (κ2) is 8.77. The number of hydrogen-bond donors (Lipinski definition) is 3. The first-order valence-electron chi connectivity index (χ1n) is 11.3. The van der Waals surface area contributed by atoms with Crippen LogP contribution in [0.2, 0.25) is 0 Å². The Morgan fingerprint density at radius 1 is 0.969 bits per heavy atom. The van der Waals surface area contributed by atoms with E-state index in [0.717, 1.165) is 53.8 Å². The number of aryl methyl sites for hydroxylation is 2. The summed E-state index contributed by atoms with van der Waals surface area (Å²) in [6.45, 7) is 2.70. The summed E-state index contributed by atoms with van der Waals surface area (Å²) in [5, 5.41) is 24.0. The number of benzene rings is 2. The number of aromatic nitrogens is 3. The molecule has 3 N–H and O–H groups in total. The highest BCUT2D eigenvalue weighted by atomic mass is 16.4. The van der Waals surface area contributed by atoms with Crippen LogP contribution >= 0.6 is 0 Å². The molecule has 1 aliphatic carbocycles. The van der Waals surface area contributed by atoms with Crippen LogP contribution in [0.25, 0.3) is 16.9 Å². The van der Waals surface area contributed by atoms with Crippen molar-refractivity contribution in [2.45, 2.75) is 45.6 Å². The average molecular weight is 426 g/mol. The van der Waals surface area contributed by atoms with Crippen LogP contribution in [0.15, 0.2) is 54.6 Å². The van der Waals surface area contributed by atoms with Crippen LogP contribution in [-0.4, -0.2) is 31.7 Å². The highest BCUT2D eigenvalue weighted by Crippen LogP contribution is 2.28. The molecular formula is C25H27BN4O2. The molecule has 162 valence electrons. The zero-order valence-electron chi connectivity index (χ0n) is 18.3. The largest absolute Gasteiger partial charge is 0.489 e. The van der Waals surface area contributed by atoms with E-state index >= 15 is 0 Å². The van der Waals surface area contributed by atoms with E-state index in [1.807, 2.05) is 47.9 Å². The van der Waals surface area contributed by atoms with Crippen LogP contribution < -0.4 is 10.8 Å². The van der Waals surface area contributed by atoms with Crippen LogP contribution in [0.3, 0.4) is 0 Å². The normalized spacial score (nSPS) is 13.6. The van der Waals surface area contributed by atoms with E-state index in [9.17, 15) is 10.0 Å². The Hall–Kier alpha value is -3.16. The van der Waals surface area contributed by atoms with E-state index in [0.29, 0.717) is 18.0 Å². The molecule has 32 heavy (non-hydrogen) atoms. The maximum absolute atomic E-state index is 9.81. The van der Waals surface area contributed by atoms with E-state index in [4.69, 9.17) is 9.97 Å². The maximum Gasteiger partial charge on any atom is 0.489 e. The minimum Gasteiger partial charge on any atom is -0.423 e. The molecule has 1 aliphatic rings. The van der Waals surface area contributed by atoms with Crippen LogP contribution in [0.1, 0.15) is 41.8 Å². The fourth-order valence-electron chi connectivity index (χ4n) is 4.66. The van der Waals surface area contributed by atoms with Gasteiger partial charge in [-0.05, 0) is 55.8 Å². The minimum absolute atomic E-state index is 0.488. The fourth-order valence-corrected chi connectivity index (χ4v) is 4.66. The van der Waals surface area contributed by atoms with Crippen LogP contribution in [0.4, 0.5) is 5.82 Å². The maximum atomic E-state index is 9.81. The second-order valence-electron chi connectivity index (χ2n) is 8.47. The van der Waals surface area contributed by atoms with Gasteiger partial charge in [-0.3, -0.25) is 4.57 Å². The molecule has 0 saturated carbocycles. The molecule has 0 unspecified atom stereocenters. The summed E-state index contributed by atoms with van der Waals surface area (Å²) in [5.74, 6) is 1.52. The lowest BCUT2D eigenvalue weighted by molar-refractivity contribution is 0.426. The number of rotatable bonds is 5. The van der Waals surface area contributed by atoms with Crippen LogP contribution in [0, 0.1) is 6.92 Å². The molecule has 2 aromatic heterocycles. The molecule has 7 heteroatoms. The van der Waals surface area contributed by atoms with Crippen LogP contribution in [0.5, 0.6) is 0 Å². The zero-order valence-corrected chi connectivity index (χ0v) is 18.3. The molecule has 0 aliphatic heterocycles. The predicted molar refractivity (Wildman–Crippen MR) is 128 cm³/mol. The van der Waals surface area contributed by atoms with Gasteiger partial charge in [0.2, 0.25) is 5.95 Å². The Morgan fingerprint density at radius 3 is 2.59 bits per heavy atom. The molecule has 6 nitrogen and oxygen atoms in total. The quantitative estimate of drug-likeness (QED) is 0.337. The Kier molecular flexibility index (Phi) is 5.68. The van der Waals surface area contributed by atoms with Crippen molar-refractivity contribution >= 4 is 29.3 Å². The summed E-state index contributed by atoms with van der Waals surface area (Å²) in [7, 11) is -1.52. The minimum atomic E-state index is -1.52. The van der Waals surface area contributed by atoms with Gasteiger partial charge in [-0.15, -0.1) is 0 Å². The Morgan fingerprint density at radius 2 is 1.78 bits per heavy atom. The Labute approximate surface area is 188 Å². The van der Waals surface area contributed by atoms with Crippen molar-refractivity contribution in [1.29, 1.82) is 0 Å². The summed E-state index contributed by atoms with van der Waals surface area (Å²) in [6, 6.07) is 17.9. The molecule has 2 heterocycles. The lowest BCUT2D eigenvalue weighted by atomic mass is 9.78.